The van der Waals surface area contributed by atoms with Gasteiger partial charge in [0.1, 0.15) is 0 Å². The van der Waals surface area contributed by atoms with Gasteiger partial charge in [0.15, 0.2) is 5.13 Å². The molecule has 0 fully saturated rings. The molecule has 1 aromatic carbocycles. The fourth-order valence-electron chi connectivity index (χ4n) is 1.22. The molecule has 82 valence electrons. The van der Waals surface area contributed by atoms with E-state index in [2.05, 4.69) is 29.3 Å². The summed E-state index contributed by atoms with van der Waals surface area (Å²) < 4.78 is 1.16. The molecule has 0 saturated carbocycles. The molecule has 1 aromatic heterocycles. The van der Waals surface area contributed by atoms with Gasteiger partial charge in [-0.2, -0.15) is 0 Å². The largest absolute Gasteiger partial charge is 0.375 e. The van der Waals surface area contributed by atoms with Gasteiger partial charge in [0.05, 0.1) is 10.4 Å². The normalized spacial score (nSPS) is 11.0. The number of nitrogens with zero attached hydrogens (tertiary/aromatic N) is 1. The Morgan fingerprint density at radius 1 is 1.31 bits per heavy atom. The van der Waals surface area contributed by atoms with Crippen molar-refractivity contribution in [3.8, 4) is 0 Å². The second kappa shape index (κ2) is 5.72. The second-order valence-electron chi connectivity index (χ2n) is 3.14. The molecular formula is C12H12N2S2. The van der Waals surface area contributed by atoms with Crippen LogP contribution in [0, 0.1) is 0 Å². The van der Waals surface area contributed by atoms with Crippen molar-refractivity contribution in [3.63, 3.8) is 0 Å². The maximum atomic E-state index is 5.55. The number of thiazole rings is 1. The van der Waals surface area contributed by atoms with Gasteiger partial charge in [-0.25, -0.2) is 4.98 Å². The number of thioether (sulfide) groups is 1. The van der Waals surface area contributed by atoms with Gasteiger partial charge in [-0.15, -0.1) is 11.8 Å². The molecule has 4 heteroatoms. The average Bonchev–Trinajstić information content (AvgIpc) is 2.72. The lowest BCUT2D eigenvalue weighted by Gasteiger charge is -1.92. The van der Waals surface area contributed by atoms with Crippen LogP contribution in [0.15, 0.2) is 46.8 Å². The van der Waals surface area contributed by atoms with Gasteiger partial charge in [0.25, 0.3) is 0 Å². The lowest BCUT2D eigenvalue weighted by molar-refractivity contribution is 1.38. The van der Waals surface area contributed by atoms with Crippen molar-refractivity contribution >= 4 is 34.3 Å². The summed E-state index contributed by atoms with van der Waals surface area (Å²) in [4.78, 5) is 4.00. The van der Waals surface area contributed by atoms with E-state index in [-0.39, 0.29) is 0 Å². The van der Waals surface area contributed by atoms with E-state index in [0.717, 1.165) is 9.96 Å². The van der Waals surface area contributed by atoms with E-state index in [4.69, 9.17) is 5.73 Å². The second-order valence-corrected chi connectivity index (χ2v) is 5.52. The smallest absolute Gasteiger partial charge is 0.181 e. The molecule has 2 nitrogen and oxygen atoms in total. The molecule has 1 heterocycles. The minimum absolute atomic E-state index is 0.634. The summed E-state index contributed by atoms with van der Waals surface area (Å²) >= 11 is 3.28. The van der Waals surface area contributed by atoms with Gasteiger partial charge in [-0.3, -0.25) is 0 Å². The summed E-state index contributed by atoms with van der Waals surface area (Å²) in [6.45, 7) is 0. The standard InChI is InChI=1S/C12H12N2S2/c13-12-14-9-11(16-12)15-8-4-7-10-5-2-1-3-6-10/h1-7,9H,8H2,(H2,13,14)/b7-4+. The van der Waals surface area contributed by atoms with Gasteiger partial charge in [0.2, 0.25) is 0 Å². The highest BCUT2D eigenvalue weighted by Gasteiger charge is 1.96. The third-order valence-corrected chi connectivity index (χ3v) is 3.91. The van der Waals surface area contributed by atoms with Crippen molar-refractivity contribution in [3.05, 3.63) is 48.2 Å². The van der Waals surface area contributed by atoms with Crippen LogP contribution in [0.3, 0.4) is 0 Å². The van der Waals surface area contributed by atoms with Gasteiger partial charge >= 0.3 is 0 Å². The quantitative estimate of drug-likeness (QED) is 0.841. The molecule has 2 N–H and O–H groups in total. The first kappa shape index (κ1) is 11.2. The lowest BCUT2D eigenvalue weighted by Crippen LogP contribution is -1.77. The number of benzene rings is 1. The Labute approximate surface area is 103 Å². The van der Waals surface area contributed by atoms with E-state index in [1.165, 1.54) is 16.9 Å². The van der Waals surface area contributed by atoms with Crippen LogP contribution in [0.5, 0.6) is 0 Å². The Morgan fingerprint density at radius 2 is 2.12 bits per heavy atom. The molecule has 0 bridgehead atoms. The average molecular weight is 248 g/mol. The third-order valence-electron chi connectivity index (χ3n) is 1.93. The van der Waals surface area contributed by atoms with Crippen LogP contribution in [0.2, 0.25) is 0 Å². The molecule has 0 aliphatic carbocycles. The topological polar surface area (TPSA) is 38.9 Å². The first-order valence-corrected chi connectivity index (χ1v) is 6.70. The SMILES string of the molecule is Nc1ncc(SC/C=C/c2ccccc2)s1. The predicted octanol–water partition coefficient (Wildman–Crippen LogP) is 3.53. The Balaban J connectivity index is 1.82. The highest BCUT2D eigenvalue weighted by molar-refractivity contribution is 8.01. The molecule has 0 unspecified atom stereocenters. The van der Waals surface area contributed by atoms with E-state index in [9.17, 15) is 0 Å². The number of nitrogens with two attached hydrogens (primary N) is 1. The number of anilines is 1. The molecule has 0 saturated heterocycles. The zero-order valence-electron chi connectivity index (χ0n) is 8.67. The van der Waals surface area contributed by atoms with Gasteiger partial charge in [0, 0.05) is 5.75 Å². The van der Waals surface area contributed by atoms with Crippen molar-refractivity contribution in [2.24, 2.45) is 0 Å². The lowest BCUT2D eigenvalue weighted by atomic mass is 10.2. The maximum Gasteiger partial charge on any atom is 0.181 e. The number of nitrogen functional groups attached to an aromatic ring is 1. The number of hydrogen-bond acceptors (Lipinski definition) is 4. The van der Waals surface area contributed by atoms with E-state index < -0.39 is 0 Å². The monoisotopic (exact) mass is 248 g/mol. The van der Waals surface area contributed by atoms with Crippen LogP contribution in [-0.2, 0) is 0 Å². The predicted molar refractivity (Wildman–Crippen MR) is 72.7 cm³/mol. The van der Waals surface area contributed by atoms with Crippen molar-refractivity contribution in [1.82, 2.24) is 4.98 Å². The zero-order chi connectivity index (χ0) is 11.2. The Morgan fingerprint density at radius 3 is 2.81 bits per heavy atom. The fourth-order valence-corrected chi connectivity index (χ4v) is 2.81. The van der Waals surface area contributed by atoms with Crippen molar-refractivity contribution in [1.29, 1.82) is 0 Å². The molecule has 0 aliphatic rings. The number of hydrogen-bond donors (Lipinski definition) is 1. The first-order chi connectivity index (χ1) is 7.84. The Bertz CT molecular complexity index is 463. The van der Waals surface area contributed by atoms with E-state index >= 15 is 0 Å². The molecule has 2 aromatic rings. The summed E-state index contributed by atoms with van der Waals surface area (Å²) in [5.41, 5.74) is 6.78. The highest BCUT2D eigenvalue weighted by atomic mass is 32.2. The Kier molecular flexibility index (Phi) is 4.02. The maximum absolute atomic E-state index is 5.55. The van der Waals surface area contributed by atoms with Crippen LogP contribution >= 0.6 is 23.1 Å². The molecule has 0 atom stereocenters. The van der Waals surface area contributed by atoms with Crippen LogP contribution in [0.1, 0.15) is 5.56 Å². The highest BCUT2D eigenvalue weighted by Crippen LogP contribution is 2.26. The van der Waals surface area contributed by atoms with Gasteiger partial charge < -0.3 is 5.73 Å². The first-order valence-electron chi connectivity index (χ1n) is 4.90. The third kappa shape index (κ3) is 3.40. The molecule has 0 radical (unpaired) electrons. The summed E-state index contributed by atoms with van der Waals surface area (Å²) in [7, 11) is 0. The van der Waals surface area contributed by atoms with Crippen LogP contribution in [-0.4, -0.2) is 10.7 Å². The zero-order valence-corrected chi connectivity index (χ0v) is 10.3. The molecular weight excluding hydrogens is 236 g/mol. The van der Waals surface area contributed by atoms with Gasteiger partial charge in [-0.1, -0.05) is 53.8 Å². The van der Waals surface area contributed by atoms with Crippen LogP contribution < -0.4 is 5.73 Å². The van der Waals surface area contributed by atoms with E-state index in [1.54, 1.807) is 11.8 Å². The molecule has 0 aliphatic heterocycles. The summed E-state index contributed by atoms with van der Waals surface area (Å²) in [5.74, 6) is 0.941. The Hall–Kier alpha value is -1.26. The van der Waals surface area contributed by atoms with Crippen molar-refractivity contribution < 1.29 is 0 Å². The van der Waals surface area contributed by atoms with Crippen molar-refractivity contribution in [2.45, 2.75) is 4.21 Å². The van der Waals surface area contributed by atoms with E-state index in [0.29, 0.717) is 5.13 Å². The summed E-state index contributed by atoms with van der Waals surface area (Å²) in [6.07, 6.45) is 6.09. The minimum Gasteiger partial charge on any atom is -0.375 e. The van der Waals surface area contributed by atoms with Gasteiger partial charge in [-0.05, 0) is 5.56 Å². The molecule has 2 rings (SSSR count). The molecule has 0 spiro atoms. The minimum atomic E-state index is 0.634. The van der Waals surface area contributed by atoms with E-state index in [1.807, 2.05) is 24.4 Å². The fraction of sp³-hybridized carbons (Fsp3) is 0.0833. The van der Waals surface area contributed by atoms with Crippen molar-refractivity contribution in [2.75, 3.05) is 11.5 Å². The van der Waals surface area contributed by atoms with Crippen LogP contribution in [0.25, 0.3) is 6.08 Å². The summed E-state index contributed by atoms with van der Waals surface area (Å²) in [5, 5.41) is 0.634. The summed E-state index contributed by atoms with van der Waals surface area (Å²) in [6, 6.07) is 10.3. The number of aromatic nitrogens is 1. The molecule has 0 amide bonds. The number of rotatable bonds is 4. The molecule has 16 heavy (non-hydrogen) atoms. The van der Waals surface area contributed by atoms with Crippen LogP contribution in [0.4, 0.5) is 5.13 Å².